The van der Waals surface area contributed by atoms with E-state index in [1.165, 1.54) is 23.1 Å². The third-order valence-corrected chi connectivity index (χ3v) is 6.62. The standard InChI is InChI=1S/C22H22F4N3O3PS/c1-4-5-10-29(20(30)16-8-6-7-9-17(16)23)21-28-27-19(34-21)15-11-13(2)18(14(3)12-15)32-33(31)22(24,25)26/h6-9,11-12,31H,4-5,10H2,1-3H3. The van der Waals surface area contributed by atoms with Crippen LogP contribution in [0.25, 0.3) is 10.6 Å². The second-order valence-corrected chi connectivity index (χ2v) is 9.64. The van der Waals surface area contributed by atoms with E-state index in [9.17, 15) is 27.2 Å². The zero-order valence-corrected chi connectivity index (χ0v) is 20.3. The van der Waals surface area contributed by atoms with Crippen molar-refractivity contribution in [1.29, 1.82) is 0 Å². The first-order chi connectivity index (χ1) is 16.0. The highest BCUT2D eigenvalue weighted by Gasteiger charge is 2.43. The molecule has 0 saturated heterocycles. The third kappa shape index (κ3) is 5.89. The topological polar surface area (TPSA) is 75.6 Å². The van der Waals surface area contributed by atoms with Crippen molar-refractivity contribution >= 4 is 30.8 Å². The quantitative estimate of drug-likeness (QED) is 0.270. The molecule has 3 aromatic rings. The molecule has 3 rings (SSSR count). The van der Waals surface area contributed by atoms with Crippen molar-refractivity contribution in [3.05, 3.63) is 58.9 Å². The Labute approximate surface area is 199 Å². The van der Waals surface area contributed by atoms with Gasteiger partial charge in [0.2, 0.25) is 5.13 Å². The minimum atomic E-state index is -4.85. The number of rotatable bonds is 8. The summed E-state index contributed by atoms with van der Waals surface area (Å²) < 4.78 is 57.1. The molecule has 1 N–H and O–H groups in total. The zero-order valence-electron chi connectivity index (χ0n) is 18.6. The fourth-order valence-electron chi connectivity index (χ4n) is 3.18. The van der Waals surface area contributed by atoms with Gasteiger partial charge in [0.15, 0.2) is 0 Å². The lowest BCUT2D eigenvalue weighted by atomic mass is 10.1. The van der Waals surface area contributed by atoms with Gasteiger partial charge in [0.05, 0.1) is 5.56 Å². The first kappa shape index (κ1) is 26.0. The van der Waals surface area contributed by atoms with Crippen molar-refractivity contribution < 1.29 is 31.8 Å². The molecule has 0 aliphatic carbocycles. The van der Waals surface area contributed by atoms with E-state index < -0.39 is 26.0 Å². The van der Waals surface area contributed by atoms with Crippen LogP contribution in [0.5, 0.6) is 5.75 Å². The monoisotopic (exact) mass is 515 g/mol. The number of anilines is 1. The van der Waals surface area contributed by atoms with E-state index in [0.29, 0.717) is 34.7 Å². The van der Waals surface area contributed by atoms with E-state index in [1.54, 1.807) is 32.0 Å². The molecular formula is C22H22F4N3O3PS. The number of carbonyl (C=O) groups excluding carboxylic acids is 1. The number of hydrogen-bond acceptors (Lipinski definition) is 6. The maximum absolute atomic E-state index is 14.2. The molecule has 34 heavy (non-hydrogen) atoms. The molecule has 12 heteroatoms. The van der Waals surface area contributed by atoms with E-state index in [0.717, 1.165) is 17.8 Å². The number of nitrogens with zero attached hydrogens (tertiary/aromatic N) is 3. The summed E-state index contributed by atoms with van der Waals surface area (Å²) in [5.41, 5.74) is 1.24. The molecule has 2 aromatic carbocycles. The van der Waals surface area contributed by atoms with Crippen LogP contribution in [0, 0.1) is 19.7 Å². The van der Waals surface area contributed by atoms with Crippen LogP contribution in [-0.4, -0.2) is 33.5 Å². The lowest BCUT2D eigenvalue weighted by Gasteiger charge is -2.19. The van der Waals surface area contributed by atoms with E-state index in [2.05, 4.69) is 10.2 Å². The van der Waals surface area contributed by atoms with Gasteiger partial charge >= 0.3 is 14.3 Å². The molecule has 1 amide bonds. The van der Waals surface area contributed by atoms with Crippen LogP contribution in [0.1, 0.15) is 41.3 Å². The van der Waals surface area contributed by atoms with Crippen molar-refractivity contribution in [1.82, 2.24) is 10.2 Å². The number of carbonyl (C=O) groups is 1. The number of halogens is 4. The maximum atomic E-state index is 14.2. The van der Waals surface area contributed by atoms with Gasteiger partial charge in [0.25, 0.3) is 5.91 Å². The average Bonchev–Trinajstić information content (AvgIpc) is 3.25. The first-order valence-corrected chi connectivity index (χ1v) is 12.3. The molecule has 0 bridgehead atoms. The predicted octanol–water partition coefficient (Wildman–Crippen LogP) is 6.61. The Kier molecular flexibility index (Phi) is 8.22. The highest BCUT2D eigenvalue weighted by atomic mass is 32.1. The molecule has 182 valence electrons. The summed E-state index contributed by atoms with van der Waals surface area (Å²) in [5, 5.41) is 8.97. The molecule has 0 spiro atoms. The van der Waals surface area contributed by atoms with Gasteiger partial charge in [-0.05, 0) is 55.7 Å². The number of amides is 1. The second kappa shape index (κ2) is 10.8. The molecule has 6 nitrogen and oxygen atoms in total. The van der Waals surface area contributed by atoms with Crippen LogP contribution in [0.3, 0.4) is 0 Å². The molecule has 1 atom stereocenters. The van der Waals surface area contributed by atoms with Crippen molar-refractivity contribution in [3.63, 3.8) is 0 Å². The Morgan fingerprint density at radius 2 is 1.82 bits per heavy atom. The highest BCUT2D eigenvalue weighted by Crippen LogP contribution is 2.51. The minimum Gasteiger partial charge on any atom is -0.441 e. The Balaban J connectivity index is 1.91. The summed E-state index contributed by atoms with van der Waals surface area (Å²) in [6.45, 7) is 5.40. The molecule has 0 aliphatic rings. The Morgan fingerprint density at radius 3 is 2.41 bits per heavy atom. The number of aromatic nitrogens is 2. The molecule has 1 unspecified atom stereocenters. The van der Waals surface area contributed by atoms with Gasteiger partial charge < -0.3 is 9.42 Å². The summed E-state index contributed by atoms with van der Waals surface area (Å²) in [6.07, 6.45) is 1.47. The van der Waals surface area contributed by atoms with Gasteiger partial charge in [-0.1, -0.05) is 36.8 Å². The molecule has 1 heterocycles. The van der Waals surface area contributed by atoms with E-state index in [1.807, 2.05) is 6.92 Å². The molecule has 1 aromatic heterocycles. The minimum absolute atomic E-state index is 0.0567. The van der Waals surface area contributed by atoms with Crippen molar-refractivity contribution in [3.8, 4) is 16.3 Å². The molecule has 0 fully saturated rings. The van der Waals surface area contributed by atoms with Gasteiger partial charge in [-0.25, -0.2) is 4.39 Å². The number of aryl methyl sites for hydroxylation is 2. The fraction of sp³-hybridized carbons (Fsp3) is 0.318. The summed E-state index contributed by atoms with van der Waals surface area (Å²) in [4.78, 5) is 23.7. The highest BCUT2D eigenvalue weighted by molar-refractivity contribution is 7.47. The van der Waals surface area contributed by atoms with E-state index >= 15 is 0 Å². The van der Waals surface area contributed by atoms with Crippen LogP contribution in [0.2, 0.25) is 0 Å². The van der Waals surface area contributed by atoms with Crippen LogP contribution in [-0.2, 0) is 0 Å². The van der Waals surface area contributed by atoms with Crippen molar-refractivity contribution in [2.24, 2.45) is 0 Å². The van der Waals surface area contributed by atoms with Crippen molar-refractivity contribution in [2.75, 3.05) is 11.4 Å². The number of unbranched alkanes of at least 4 members (excludes halogenated alkanes) is 1. The van der Waals surface area contributed by atoms with Gasteiger partial charge in [0, 0.05) is 12.1 Å². The molecular weight excluding hydrogens is 493 g/mol. The average molecular weight is 515 g/mol. The molecule has 0 saturated carbocycles. The number of alkyl halides is 3. The van der Waals surface area contributed by atoms with Crippen LogP contribution in [0.4, 0.5) is 22.7 Å². The lowest BCUT2D eigenvalue weighted by molar-refractivity contribution is -0.0545. The number of hydrogen-bond donors (Lipinski definition) is 1. The van der Waals surface area contributed by atoms with Crippen LogP contribution in [0.15, 0.2) is 36.4 Å². The van der Waals surface area contributed by atoms with Gasteiger partial charge in [-0.2, -0.15) is 13.2 Å². The van der Waals surface area contributed by atoms with Gasteiger partial charge in [-0.3, -0.25) is 9.69 Å². The molecule has 0 aliphatic heterocycles. The normalized spacial score (nSPS) is 12.5. The third-order valence-electron chi connectivity index (χ3n) is 4.83. The SMILES string of the molecule is CCCCN(C(=O)c1ccccc1F)c1nnc(-c2cc(C)c(OP(O)C(F)(F)F)c(C)c2)s1. The predicted molar refractivity (Wildman–Crippen MR) is 124 cm³/mol. The smallest absolute Gasteiger partial charge is 0.441 e. The molecule has 0 radical (unpaired) electrons. The number of benzene rings is 2. The van der Waals surface area contributed by atoms with E-state index in [-0.39, 0.29) is 16.4 Å². The Bertz CT molecular complexity index is 1150. The maximum Gasteiger partial charge on any atom is 0.471 e. The van der Waals surface area contributed by atoms with E-state index in [4.69, 9.17) is 4.52 Å². The zero-order chi connectivity index (χ0) is 25.0. The van der Waals surface area contributed by atoms with Crippen molar-refractivity contribution in [2.45, 2.75) is 39.5 Å². The lowest BCUT2D eigenvalue weighted by Crippen LogP contribution is -2.32. The Hall–Kier alpha value is -2.62. The van der Waals surface area contributed by atoms with Gasteiger partial charge in [-0.15, -0.1) is 10.2 Å². The largest absolute Gasteiger partial charge is 0.471 e. The summed E-state index contributed by atoms with van der Waals surface area (Å²) in [6, 6.07) is 8.83. The van der Waals surface area contributed by atoms with Crippen LogP contribution >= 0.6 is 19.7 Å². The summed E-state index contributed by atoms with van der Waals surface area (Å²) in [5.74, 6) is -6.08. The summed E-state index contributed by atoms with van der Waals surface area (Å²) >= 11 is 1.11. The Morgan fingerprint density at radius 1 is 1.18 bits per heavy atom. The van der Waals surface area contributed by atoms with Gasteiger partial charge in [0.1, 0.15) is 16.6 Å². The summed E-state index contributed by atoms with van der Waals surface area (Å²) in [7, 11) is -3.64. The van der Waals surface area contributed by atoms with Crippen LogP contribution < -0.4 is 9.42 Å². The second-order valence-electron chi connectivity index (χ2n) is 7.45. The fourth-order valence-corrected chi connectivity index (χ4v) is 4.60. The first-order valence-electron chi connectivity index (χ1n) is 10.3.